The lowest BCUT2D eigenvalue weighted by atomic mass is 10.1. The monoisotopic (exact) mass is 442 g/mol. The van der Waals surface area contributed by atoms with E-state index < -0.39 is 0 Å². The van der Waals surface area contributed by atoms with Crippen LogP contribution in [0.4, 0.5) is 17.5 Å². The molecule has 1 N–H and O–H groups in total. The number of hydrogen-bond acceptors (Lipinski definition) is 7. The third-order valence-corrected chi connectivity index (χ3v) is 5.59. The van der Waals surface area contributed by atoms with Gasteiger partial charge in [-0.05, 0) is 31.0 Å². The molecule has 4 aromatic rings. The van der Waals surface area contributed by atoms with Gasteiger partial charge in [0.15, 0.2) is 11.6 Å². The largest absolute Gasteiger partial charge is 0.494 e. The third-order valence-electron chi connectivity index (χ3n) is 5.59. The maximum Gasteiger partial charge on any atom is 0.229 e. The minimum atomic E-state index is 0.511. The Balaban J connectivity index is 1.35. The van der Waals surface area contributed by atoms with Gasteiger partial charge < -0.3 is 24.3 Å². The van der Waals surface area contributed by atoms with Crippen LogP contribution in [0.25, 0.3) is 5.69 Å². The highest BCUT2D eigenvalue weighted by molar-refractivity contribution is 5.64. The lowest BCUT2D eigenvalue weighted by Gasteiger charge is -2.30. The summed E-state index contributed by atoms with van der Waals surface area (Å²) in [5.74, 6) is 2.76. The highest BCUT2D eigenvalue weighted by Gasteiger charge is 2.21. The van der Waals surface area contributed by atoms with Crippen LogP contribution in [0.3, 0.4) is 0 Å². The van der Waals surface area contributed by atoms with E-state index in [1.807, 2.05) is 42.0 Å². The second-order valence-electron chi connectivity index (χ2n) is 7.89. The number of methoxy groups -OCH3 is 1. The van der Waals surface area contributed by atoms with Gasteiger partial charge in [-0.25, -0.2) is 9.97 Å². The van der Waals surface area contributed by atoms with Crippen molar-refractivity contribution in [3.05, 3.63) is 78.5 Å². The first kappa shape index (κ1) is 20.8. The van der Waals surface area contributed by atoms with Crippen LogP contribution in [0.15, 0.2) is 67.3 Å². The van der Waals surface area contributed by atoms with Crippen molar-refractivity contribution in [3.8, 4) is 17.2 Å². The van der Waals surface area contributed by atoms with Gasteiger partial charge in [-0.15, -0.1) is 0 Å². The van der Waals surface area contributed by atoms with Crippen molar-refractivity contribution in [1.82, 2.24) is 19.5 Å². The van der Waals surface area contributed by atoms with Gasteiger partial charge in [0, 0.05) is 24.5 Å². The first-order valence-corrected chi connectivity index (χ1v) is 10.9. The molecule has 0 aliphatic carbocycles. The summed E-state index contributed by atoms with van der Waals surface area (Å²) >= 11 is 0. The number of aromatic nitrogens is 4. The number of benzene rings is 2. The fourth-order valence-electron chi connectivity index (χ4n) is 3.90. The van der Waals surface area contributed by atoms with E-state index in [9.17, 15) is 0 Å². The van der Waals surface area contributed by atoms with E-state index in [-0.39, 0.29) is 0 Å². The van der Waals surface area contributed by atoms with Crippen molar-refractivity contribution in [2.24, 2.45) is 0 Å². The molecule has 0 amide bonds. The summed E-state index contributed by atoms with van der Waals surface area (Å²) in [5.41, 5.74) is 3.99. The number of ether oxygens (including phenoxy) is 2. The van der Waals surface area contributed by atoms with E-state index in [1.54, 1.807) is 19.6 Å². The first-order valence-electron chi connectivity index (χ1n) is 10.9. The van der Waals surface area contributed by atoms with Gasteiger partial charge in [0.1, 0.15) is 12.4 Å². The number of rotatable bonds is 7. The molecule has 0 atom stereocenters. The molecule has 0 bridgehead atoms. The van der Waals surface area contributed by atoms with Crippen LogP contribution in [0, 0.1) is 6.92 Å². The van der Waals surface area contributed by atoms with Gasteiger partial charge in [-0.2, -0.15) is 4.98 Å². The van der Waals surface area contributed by atoms with Crippen molar-refractivity contribution >= 4 is 17.5 Å². The molecule has 0 saturated heterocycles. The Morgan fingerprint density at radius 1 is 1.12 bits per heavy atom. The van der Waals surface area contributed by atoms with E-state index in [0.29, 0.717) is 18.3 Å². The lowest BCUT2D eigenvalue weighted by molar-refractivity contribution is 0.304. The van der Waals surface area contributed by atoms with Crippen LogP contribution in [-0.4, -0.2) is 46.3 Å². The third kappa shape index (κ3) is 4.59. The summed E-state index contributed by atoms with van der Waals surface area (Å²) in [5, 5.41) is 3.30. The fraction of sp³-hybridized carbons (Fsp3) is 0.240. The quantitative estimate of drug-likeness (QED) is 0.460. The van der Waals surface area contributed by atoms with Crippen molar-refractivity contribution in [1.29, 1.82) is 0 Å². The molecule has 5 rings (SSSR count). The highest BCUT2D eigenvalue weighted by Crippen LogP contribution is 2.32. The molecule has 1 aliphatic rings. The summed E-state index contributed by atoms with van der Waals surface area (Å²) in [6.07, 6.45) is 6.41. The van der Waals surface area contributed by atoms with Crippen LogP contribution < -0.4 is 19.7 Å². The van der Waals surface area contributed by atoms with Gasteiger partial charge in [-0.1, -0.05) is 30.3 Å². The van der Waals surface area contributed by atoms with Crippen LogP contribution in [0.1, 0.15) is 11.3 Å². The number of nitrogens with zero attached hydrogens (tertiary/aromatic N) is 5. The number of nitrogens with one attached hydrogen (secondary N) is 1. The molecular formula is C25H26N6O2. The average molecular weight is 443 g/mol. The Hall–Kier alpha value is -4.07. The minimum absolute atomic E-state index is 0.511. The number of aryl methyl sites for hydroxylation is 1. The predicted octanol–water partition coefficient (Wildman–Crippen LogP) is 4.16. The van der Waals surface area contributed by atoms with Crippen molar-refractivity contribution in [2.75, 3.05) is 37.0 Å². The molecule has 0 saturated carbocycles. The zero-order chi connectivity index (χ0) is 22.6. The standard InChI is InChI=1S/C25H26N6O2/c1-18-16-31(17-27-18)21-9-8-20(14-22(21)32-2)28-25-26-15-23-24(29-25)30(12-13-33-23)11-10-19-6-4-3-5-7-19/h3-9,14-17H,10-13H2,1-2H3,(H,26,28,29). The first-order chi connectivity index (χ1) is 16.2. The van der Waals surface area contributed by atoms with Crippen LogP contribution in [-0.2, 0) is 6.42 Å². The molecule has 0 unspecified atom stereocenters. The van der Waals surface area contributed by atoms with Gasteiger partial charge in [0.05, 0.1) is 37.6 Å². The average Bonchev–Trinajstić information content (AvgIpc) is 3.29. The lowest BCUT2D eigenvalue weighted by Crippen LogP contribution is -2.35. The molecule has 2 aromatic heterocycles. The molecule has 33 heavy (non-hydrogen) atoms. The van der Waals surface area contributed by atoms with Gasteiger partial charge in [0.2, 0.25) is 5.95 Å². The van der Waals surface area contributed by atoms with E-state index in [2.05, 4.69) is 44.5 Å². The number of anilines is 3. The zero-order valence-electron chi connectivity index (χ0n) is 18.7. The Morgan fingerprint density at radius 3 is 2.79 bits per heavy atom. The minimum Gasteiger partial charge on any atom is -0.494 e. The van der Waals surface area contributed by atoms with Gasteiger partial charge in [-0.3, -0.25) is 0 Å². The SMILES string of the molecule is COc1cc(Nc2ncc3c(n2)N(CCc2ccccc2)CCO3)ccc1-n1cnc(C)c1. The van der Waals surface area contributed by atoms with Crippen LogP contribution in [0.2, 0.25) is 0 Å². The molecule has 168 valence electrons. The molecular weight excluding hydrogens is 416 g/mol. The predicted molar refractivity (Wildman–Crippen MR) is 128 cm³/mol. The molecule has 2 aromatic carbocycles. The Labute approximate surface area is 192 Å². The summed E-state index contributed by atoms with van der Waals surface area (Å²) in [7, 11) is 1.66. The molecule has 8 heteroatoms. The van der Waals surface area contributed by atoms with Crippen molar-refractivity contribution < 1.29 is 9.47 Å². The number of fused-ring (bicyclic) bond motifs is 1. The fourth-order valence-corrected chi connectivity index (χ4v) is 3.90. The topological polar surface area (TPSA) is 77.3 Å². The Kier molecular flexibility index (Phi) is 5.80. The number of imidazole rings is 1. The normalized spacial score (nSPS) is 12.7. The summed E-state index contributed by atoms with van der Waals surface area (Å²) in [4.78, 5) is 15.8. The van der Waals surface area contributed by atoms with Crippen molar-refractivity contribution in [3.63, 3.8) is 0 Å². The smallest absolute Gasteiger partial charge is 0.229 e. The van der Waals surface area contributed by atoms with Gasteiger partial charge >= 0.3 is 0 Å². The summed E-state index contributed by atoms with van der Waals surface area (Å²) < 4.78 is 13.3. The van der Waals surface area contributed by atoms with Crippen LogP contribution >= 0.6 is 0 Å². The maximum absolute atomic E-state index is 5.79. The second-order valence-corrected chi connectivity index (χ2v) is 7.89. The zero-order valence-corrected chi connectivity index (χ0v) is 18.7. The Bertz CT molecular complexity index is 1240. The molecule has 3 heterocycles. The molecule has 0 radical (unpaired) electrons. The molecule has 8 nitrogen and oxygen atoms in total. The highest BCUT2D eigenvalue weighted by atomic mass is 16.5. The summed E-state index contributed by atoms with van der Waals surface area (Å²) in [6.45, 7) is 4.25. The van der Waals surface area contributed by atoms with E-state index in [1.165, 1.54) is 5.56 Å². The van der Waals surface area contributed by atoms with Crippen molar-refractivity contribution in [2.45, 2.75) is 13.3 Å². The van der Waals surface area contributed by atoms with E-state index in [4.69, 9.17) is 14.5 Å². The Morgan fingerprint density at radius 2 is 2.00 bits per heavy atom. The second kappa shape index (κ2) is 9.20. The van der Waals surface area contributed by atoms with E-state index >= 15 is 0 Å². The van der Waals surface area contributed by atoms with Crippen LogP contribution in [0.5, 0.6) is 11.5 Å². The van der Waals surface area contributed by atoms with Gasteiger partial charge in [0.25, 0.3) is 0 Å². The molecule has 0 spiro atoms. The molecule has 0 fully saturated rings. The maximum atomic E-state index is 5.79. The van der Waals surface area contributed by atoms with E-state index in [0.717, 1.165) is 48.1 Å². The summed E-state index contributed by atoms with van der Waals surface area (Å²) in [6, 6.07) is 16.4. The molecule has 1 aliphatic heterocycles. The number of hydrogen-bond donors (Lipinski definition) is 1.